The van der Waals surface area contributed by atoms with E-state index in [0.29, 0.717) is 0 Å². The zero-order valence-corrected chi connectivity index (χ0v) is 12.8. The molecule has 0 aromatic heterocycles. The third-order valence-corrected chi connectivity index (χ3v) is 4.04. The second kappa shape index (κ2) is 8.11. The van der Waals surface area contributed by atoms with Crippen LogP contribution in [0, 0.1) is 0 Å². The number of benzene rings is 1. The zero-order valence-electron chi connectivity index (χ0n) is 12.8. The van der Waals surface area contributed by atoms with Gasteiger partial charge in [-0.3, -0.25) is 0 Å². The van der Waals surface area contributed by atoms with E-state index in [0.717, 1.165) is 31.4 Å². The van der Waals surface area contributed by atoms with Crippen LogP contribution >= 0.6 is 0 Å². The molecule has 0 N–H and O–H groups in total. The van der Waals surface area contributed by atoms with Crippen LogP contribution in [0.4, 0.5) is 0 Å². The van der Waals surface area contributed by atoms with Gasteiger partial charge in [0.05, 0.1) is 6.61 Å². The Morgan fingerprint density at radius 1 is 1.25 bits per heavy atom. The van der Waals surface area contributed by atoms with Crippen molar-refractivity contribution in [2.45, 2.75) is 45.6 Å². The standard InChI is InChI=1S/C18H27NO/c1-3-7-17-9-11-18(12-10-17)20-15-6-14-19-13-5-4-8-16(19)2/h3,7,9-12,16H,4-6,8,13-15H2,1-2H3. The zero-order chi connectivity index (χ0) is 14.2. The molecule has 0 radical (unpaired) electrons. The highest BCUT2D eigenvalue weighted by Crippen LogP contribution is 2.17. The third kappa shape index (κ3) is 4.68. The molecule has 2 rings (SSSR count). The van der Waals surface area contributed by atoms with Gasteiger partial charge in [-0.2, -0.15) is 0 Å². The molecule has 0 aliphatic carbocycles. The van der Waals surface area contributed by atoms with Gasteiger partial charge in [0.1, 0.15) is 5.75 Å². The Balaban J connectivity index is 1.67. The third-order valence-electron chi connectivity index (χ3n) is 4.04. The number of likely N-dealkylation sites (tertiary alicyclic amines) is 1. The first kappa shape index (κ1) is 15.1. The molecule has 1 aliphatic heterocycles. The first-order valence-corrected chi connectivity index (χ1v) is 7.89. The van der Waals surface area contributed by atoms with Gasteiger partial charge in [0.2, 0.25) is 0 Å². The Morgan fingerprint density at radius 2 is 2.05 bits per heavy atom. The van der Waals surface area contributed by atoms with Crippen LogP contribution in [-0.2, 0) is 0 Å². The SMILES string of the molecule is CC=Cc1ccc(OCCCN2CCCCC2C)cc1. The first-order valence-electron chi connectivity index (χ1n) is 7.89. The monoisotopic (exact) mass is 273 g/mol. The van der Waals surface area contributed by atoms with Crippen molar-refractivity contribution in [3.05, 3.63) is 35.9 Å². The summed E-state index contributed by atoms with van der Waals surface area (Å²) in [5.74, 6) is 0.977. The van der Waals surface area contributed by atoms with Crippen molar-refractivity contribution in [1.29, 1.82) is 0 Å². The molecule has 20 heavy (non-hydrogen) atoms. The molecule has 1 aromatic rings. The molecule has 2 heteroatoms. The second-order valence-electron chi connectivity index (χ2n) is 5.65. The average molecular weight is 273 g/mol. The van der Waals surface area contributed by atoms with E-state index in [-0.39, 0.29) is 0 Å². The largest absolute Gasteiger partial charge is 0.494 e. The van der Waals surface area contributed by atoms with E-state index in [1.807, 2.05) is 6.92 Å². The number of ether oxygens (including phenoxy) is 1. The number of nitrogens with zero attached hydrogens (tertiary/aromatic N) is 1. The van der Waals surface area contributed by atoms with Crippen LogP contribution in [0.1, 0.15) is 45.1 Å². The Bertz CT molecular complexity index is 410. The van der Waals surface area contributed by atoms with E-state index in [2.05, 4.69) is 48.2 Å². The molecule has 1 atom stereocenters. The molecule has 2 nitrogen and oxygen atoms in total. The molecule has 1 unspecified atom stereocenters. The van der Waals surface area contributed by atoms with E-state index in [1.165, 1.54) is 31.4 Å². The summed E-state index contributed by atoms with van der Waals surface area (Å²) in [4.78, 5) is 2.60. The minimum atomic E-state index is 0.754. The number of hydrogen-bond acceptors (Lipinski definition) is 2. The fourth-order valence-electron chi connectivity index (χ4n) is 2.82. The predicted octanol–water partition coefficient (Wildman–Crippen LogP) is 4.36. The van der Waals surface area contributed by atoms with Gasteiger partial charge in [0.15, 0.2) is 0 Å². The van der Waals surface area contributed by atoms with E-state index < -0.39 is 0 Å². The number of allylic oxidation sites excluding steroid dienone is 1. The summed E-state index contributed by atoms with van der Waals surface area (Å²) < 4.78 is 5.81. The maximum Gasteiger partial charge on any atom is 0.119 e. The van der Waals surface area contributed by atoms with Crippen LogP contribution in [0.5, 0.6) is 5.75 Å². The van der Waals surface area contributed by atoms with Gasteiger partial charge >= 0.3 is 0 Å². The number of hydrogen-bond donors (Lipinski definition) is 0. The fourth-order valence-corrected chi connectivity index (χ4v) is 2.82. The van der Waals surface area contributed by atoms with Gasteiger partial charge in [-0.05, 0) is 57.4 Å². The number of piperidine rings is 1. The molecule has 1 aromatic carbocycles. The molecule has 1 heterocycles. The average Bonchev–Trinajstić information content (AvgIpc) is 2.47. The first-order chi connectivity index (χ1) is 9.79. The lowest BCUT2D eigenvalue weighted by Gasteiger charge is -2.33. The van der Waals surface area contributed by atoms with Gasteiger partial charge in [0, 0.05) is 12.6 Å². The van der Waals surface area contributed by atoms with Gasteiger partial charge in [-0.15, -0.1) is 0 Å². The predicted molar refractivity (Wildman–Crippen MR) is 86.1 cm³/mol. The minimum Gasteiger partial charge on any atom is -0.494 e. The Kier molecular flexibility index (Phi) is 6.13. The van der Waals surface area contributed by atoms with E-state index in [1.54, 1.807) is 0 Å². The van der Waals surface area contributed by atoms with Crippen molar-refractivity contribution < 1.29 is 4.74 Å². The van der Waals surface area contributed by atoms with Crippen LogP contribution in [0.25, 0.3) is 6.08 Å². The Hall–Kier alpha value is -1.28. The molecule has 1 saturated heterocycles. The highest BCUT2D eigenvalue weighted by molar-refractivity contribution is 5.50. The molecule has 1 aliphatic rings. The highest BCUT2D eigenvalue weighted by Gasteiger charge is 2.17. The summed E-state index contributed by atoms with van der Waals surface area (Å²) in [6.07, 6.45) is 9.37. The molecule has 0 amide bonds. The summed E-state index contributed by atoms with van der Waals surface area (Å²) in [7, 11) is 0. The summed E-state index contributed by atoms with van der Waals surface area (Å²) in [5.41, 5.74) is 1.22. The van der Waals surface area contributed by atoms with Gasteiger partial charge < -0.3 is 9.64 Å². The van der Waals surface area contributed by atoms with E-state index in [4.69, 9.17) is 4.74 Å². The van der Waals surface area contributed by atoms with Gasteiger partial charge in [-0.25, -0.2) is 0 Å². The lowest BCUT2D eigenvalue weighted by atomic mass is 10.0. The van der Waals surface area contributed by atoms with Crippen LogP contribution in [0.15, 0.2) is 30.3 Å². The quantitative estimate of drug-likeness (QED) is 0.714. The van der Waals surface area contributed by atoms with Gasteiger partial charge in [0.25, 0.3) is 0 Å². The van der Waals surface area contributed by atoms with Crippen LogP contribution in [0.3, 0.4) is 0 Å². The summed E-state index contributed by atoms with van der Waals surface area (Å²) in [6, 6.07) is 9.06. The summed E-state index contributed by atoms with van der Waals surface area (Å²) in [5, 5.41) is 0. The Morgan fingerprint density at radius 3 is 2.75 bits per heavy atom. The van der Waals surface area contributed by atoms with Crippen molar-refractivity contribution in [3.63, 3.8) is 0 Å². The summed E-state index contributed by atoms with van der Waals surface area (Å²) in [6.45, 7) is 7.62. The van der Waals surface area contributed by atoms with Crippen molar-refractivity contribution in [2.75, 3.05) is 19.7 Å². The van der Waals surface area contributed by atoms with E-state index >= 15 is 0 Å². The van der Waals surface area contributed by atoms with E-state index in [9.17, 15) is 0 Å². The molecular weight excluding hydrogens is 246 g/mol. The van der Waals surface area contributed by atoms with Crippen molar-refractivity contribution in [1.82, 2.24) is 4.90 Å². The molecule has 110 valence electrons. The molecule has 0 saturated carbocycles. The normalized spacial score (nSPS) is 20.4. The topological polar surface area (TPSA) is 12.5 Å². The van der Waals surface area contributed by atoms with Crippen molar-refractivity contribution in [2.24, 2.45) is 0 Å². The lowest BCUT2D eigenvalue weighted by molar-refractivity contribution is 0.148. The van der Waals surface area contributed by atoms with Crippen LogP contribution < -0.4 is 4.74 Å². The molecule has 0 bridgehead atoms. The smallest absolute Gasteiger partial charge is 0.119 e. The van der Waals surface area contributed by atoms with Crippen molar-refractivity contribution >= 4 is 6.08 Å². The molecular formula is C18H27NO. The minimum absolute atomic E-state index is 0.754. The Labute approximate surface area is 123 Å². The summed E-state index contributed by atoms with van der Waals surface area (Å²) >= 11 is 0. The van der Waals surface area contributed by atoms with Crippen molar-refractivity contribution in [3.8, 4) is 5.75 Å². The maximum absolute atomic E-state index is 5.81. The molecule has 1 fully saturated rings. The maximum atomic E-state index is 5.81. The number of rotatable bonds is 6. The lowest BCUT2D eigenvalue weighted by Crippen LogP contribution is -2.38. The molecule has 0 spiro atoms. The van der Waals surface area contributed by atoms with Gasteiger partial charge in [-0.1, -0.05) is 30.7 Å². The fraction of sp³-hybridized carbons (Fsp3) is 0.556. The van der Waals surface area contributed by atoms with Crippen LogP contribution in [-0.4, -0.2) is 30.6 Å². The highest BCUT2D eigenvalue weighted by atomic mass is 16.5. The second-order valence-corrected chi connectivity index (χ2v) is 5.65. The van der Waals surface area contributed by atoms with Crippen LogP contribution in [0.2, 0.25) is 0 Å².